The Hall–Kier alpha value is -2.32. The van der Waals surface area contributed by atoms with E-state index in [0.717, 1.165) is 83.5 Å². The summed E-state index contributed by atoms with van der Waals surface area (Å²) in [6, 6.07) is -0.806. The molecule has 0 saturated heterocycles. The van der Waals surface area contributed by atoms with Gasteiger partial charge >= 0.3 is 0 Å². The summed E-state index contributed by atoms with van der Waals surface area (Å²) in [7, 11) is 1.30. The maximum atomic E-state index is 13.0. The number of hydrogen-bond acceptors (Lipinski definition) is 6. The van der Waals surface area contributed by atoms with Crippen molar-refractivity contribution in [2.24, 2.45) is 0 Å². The highest BCUT2D eigenvalue weighted by molar-refractivity contribution is 7.45. The smallest absolute Gasteiger partial charge is 0.268 e. The zero-order chi connectivity index (χ0) is 50.6. The Balaban J connectivity index is 4.11. The maximum Gasteiger partial charge on any atom is 0.268 e. The van der Waals surface area contributed by atoms with Crippen LogP contribution in [-0.4, -0.2) is 68.5 Å². The lowest BCUT2D eigenvalue weighted by Gasteiger charge is -2.30. The lowest BCUT2D eigenvalue weighted by Crippen LogP contribution is -2.46. The predicted molar refractivity (Wildman–Crippen MR) is 297 cm³/mol. The van der Waals surface area contributed by atoms with E-state index in [1.165, 1.54) is 128 Å². The van der Waals surface area contributed by atoms with E-state index < -0.39 is 20.0 Å². The highest BCUT2D eigenvalue weighted by Crippen LogP contribution is 2.38. The maximum absolute atomic E-state index is 13.0. The summed E-state index contributed by atoms with van der Waals surface area (Å²) >= 11 is 0. The molecule has 69 heavy (non-hydrogen) atoms. The van der Waals surface area contributed by atoms with Gasteiger partial charge in [-0.2, -0.15) is 0 Å². The van der Waals surface area contributed by atoms with Crippen molar-refractivity contribution in [3.8, 4) is 0 Å². The molecule has 0 saturated carbocycles. The molecule has 400 valence electrons. The highest BCUT2D eigenvalue weighted by atomic mass is 31.2. The lowest BCUT2D eigenvalue weighted by molar-refractivity contribution is -0.870. The Morgan fingerprint density at radius 1 is 0.522 bits per heavy atom. The van der Waals surface area contributed by atoms with Crippen LogP contribution >= 0.6 is 7.82 Å². The van der Waals surface area contributed by atoms with E-state index in [0.29, 0.717) is 23.9 Å². The van der Waals surface area contributed by atoms with E-state index in [1.54, 1.807) is 0 Å². The van der Waals surface area contributed by atoms with E-state index in [4.69, 9.17) is 9.05 Å². The molecule has 0 aliphatic rings. The van der Waals surface area contributed by atoms with Crippen LogP contribution in [0.15, 0.2) is 85.1 Å². The molecule has 3 unspecified atom stereocenters. The Labute approximate surface area is 426 Å². The Morgan fingerprint density at radius 3 is 1.29 bits per heavy atom. The molecule has 0 bridgehead atoms. The number of phosphoric acid groups is 1. The number of nitrogens with zero attached hydrogens (tertiary/aromatic N) is 1. The average Bonchev–Trinajstić information content (AvgIpc) is 3.31. The molecule has 9 heteroatoms. The van der Waals surface area contributed by atoms with Gasteiger partial charge in [0.2, 0.25) is 5.91 Å². The minimum Gasteiger partial charge on any atom is -0.756 e. The zero-order valence-electron chi connectivity index (χ0n) is 45.5. The van der Waals surface area contributed by atoms with Crippen LogP contribution in [0.5, 0.6) is 0 Å². The number of likely N-dealkylation sites (N-methyl/N-ethyl adjacent to an activating group) is 1. The van der Waals surface area contributed by atoms with Gasteiger partial charge in [-0.1, -0.05) is 247 Å². The number of carbonyl (C=O) groups is 1. The number of allylic oxidation sites excluding steroid dienone is 14. The van der Waals surface area contributed by atoms with Gasteiger partial charge in [-0.05, 0) is 70.6 Å². The number of hydrogen-bond donors (Lipinski definition) is 2. The summed E-state index contributed by atoms with van der Waals surface area (Å²) in [4.78, 5) is 25.5. The van der Waals surface area contributed by atoms with Crippen LogP contribution in [0.3, 0.4) is 0 Å². The third kappa shape index (κ3) is 53.3. The van der Waals surface area contributed by atoms with Crippen molar-refractivity contribution in [2.45, 2.75) is 251 Å². The molecule has 2 N–H and O–H groups in total. The minimum atomic E-state index is -4.57. The van der Waals surface area contributed by atoms with Crippen LogP contribution in [0.1, 0.15) is 239 Å². The molecule has 0 aromatic heterocycles. The van der Waals surface area contributed by atoms with Gasteiger partial charge in [0.15, 0.2) is 0 Å². The largest absolute Gasteiger partial charge is 0.756 e. The van der Waals surface area contributed by atoms with Crippen LogP contribution in [0, 0.1) is 0 Å². The molecular formula is C60H109N2O6P. The second-order valence-electron chi connectivity index (χ2n) is 20.3. The Kier molecular flexibility index (Phi) is 48.9. The number of aliphatic hydroxyl groups excluding tert-OH is 1. The molecule has 0 radical (unpaired) electrons. The summed E-state index contributed by atoms with van der Waals surface area (Å²) in [6.07, 6.45) is 70.4. The van der Waals surface area contributed by atoms with Gasteiger partial charge in [-0.15, -0.1) is 0 Å². The first kappa shape index (κ1) is 66.7. The number of aliphatic hydroxyl groups is 1. The van der Waals surface area contributed by atoms with Gasteiger partial charge in [-0.3, -0.25) is 9.36 Å². The second kappa shape index (κ2) is 50.6. The fourth-order valence-electron chi connectivity index (χ4n) is 7.96. The zero-order valence-corrected chi connectivity index (χ0v) is 46.4. The van der Waals surface area contributed by atoms with Crippen molar-refractivity contribution in [3.05, 3.63) is 85.1 Å². The van der Waals surface area contributed by atoms with E-state index >= 15 is 0 Å². The first-order chi connectivity index (χ1) is 33.5. The number of carbonyl (C=O) groups excluding carboxylic acids is 1. The first-order valence-corrected chi connectivity index (χ1v) is 29.9. The van der Waals surface area contributed by atoms with Gasteiger partial charge < -0.3 is 28.8 Å². The number of amides is 1. The third-order valence-corrected chi connectivity index (χ3v) is 13.4. The van der Waals surface area contributed by atoms with Gasteiger partial charge in [0.25, 0.3) is 7.82 Å². The van der Waals surface area contributed by atoms with Crippen LogP contribution < -0.4 is 10.2 Å². The standard InChI is InChI=1S/C60H109N2O6P/c1-6-8-10-12-14-16-18-20-22-23-24-25-26-27-28-29-30-31-32-33-34-35-36-37-38-39-40-42-44-46-48-50-52-54-60(64)61-58(57-68-69(65,66)67-56-55-62(3,4)5)59(63)53-51-49-47-45-43-41-21-19-17-15-13-11-9-7-2/h8,10,14,16,20,22,24-25,27-28,30-31,33-34,58-59,63H,6-7,9,11-13,15,17-19,21,23,26,29,32,35-57H2,1-5H3,(H-,61,64,65,66)/b10-8-,16-14-,22-20-,25-24-,28-27-,31-30-,34-33-. The number of unbranched alkanes of at least 4 members (excludes halogenated alkanes) is 24. The third-order valence-electron chi connectivity index (χ3n) is 12.4. The Morgan fingerprint density at radius 2 is 0.884 bits per heavy atom. The molecule has 0 aromatic carbocycles. The van der Waals surface area contributed by atoms with Crippen LogP contribution in [0.2, 0.25) is 0 Å². The van der Waals surface area contributed by atoms with Gasteiger partial charge in [0.05, 0.1) is 39.9 Å². The minimum absolute atomic E-state index is 0.00858. The molecule has 0 aliphatic carbocycles. The molecule has 0 heterocycles. The number of nitrogens with one attached hydrogen (secondary N) is 1. The van der Waals surface area contributed by atoms with Crippen molar-refractivity contribution in [1.29, 1.82) is 0 Å². The number of rotatable bonds is 51. The highest BCUT2D eigenvalue weighted by Gasteiger charge is 2.24. The molecule has 3 atom stereocenters. The fraction of sp³-hybridized carbons (Fsp3) is 0.750. The van der Waals surface area contributed by atoms with Gasteiger partial charge in [0.1, 0.15) is 13.2 Å². The van der Waals surface area contributed by atoms with Gasteiger partial charge in [-0.25, -0.2) is 0 Å². The molecule has 0 aromatic rings. The van der Waals surface area contributed by atoms with E-state index in [9.17, 15) is 19.4 Å². The van der Waals surface area contributed by atoms with E-state index in [-0.39, 0.29) is 19.1 Å². The SMILES string of the molecule is CC/C=C\C/C=C\C/C=C\C/C=C\C/C=C\C/C=C\C/C=C\CCCCCCCCCCCCCC(=O)NC(COP(=O)([O-])OCC[N+](C)(C)C)C(O)CCCCCCCCCCCCCCCC. The fourth-order valence-corrected chi connectivity index (χ4v) is 8.68. The van der Waals surface area contributed by atoms with Crippen LogP contribution in [0.25, 0.3) is 0 Å². The summed E-state index contributed by atoms with van der Waals surface area (Å²) in [5.41, 5.74) is 0. The molecule has 1 amide bonds. The molecular weight excluding hydrogens is 876 g/mol. The monoisotopic (exact) mass is 985 g/mol. The Bertz CT molecular complexity index is 1400. The summed E-state index contributed by atoms with van der Waals surface area (Å²) < 4.78 is 23.4. The molecule has 0 aliphatic heterocycles. The molecule has 0 spiro atoms. The van der Waals surface area contributed by atoms with Crippen molar-refractivity contribution in [1.82, 2.24) is 5.32 Å². The van der Waals surface area contributed by atoms with Gasteiger partial charge in [0, 0.05) is 6.42 Å². The molecule has 0 fully saturated rings. The molecule has 8 nitrogen and oxygen atoms in total. The topological polar surface area (TPSA) is 108 Å². The van der Waals surface area contributed by atoms with Crippen molar-refractivity contribution in [2.75, 3.05) is 40.9 Å². The van der Waals surface area contributed by atoms with Crippen molar-refractivity contribution < 1.29 is 32.9 Å². The summed E-state index contributed by atoms with van der Waals surface area (Å²) in [5, 5.41) is 14.0. The average molecular weight is 986 g/mol. The van der Waals surface area contributed by atoms with E-state index in [1.807, 2.05) is 21.1 Å². The number of phosphoric ester groups is 1. The van der Waals surface area contributed by atoms with Crippen LogP contribution in [0.4, 0.5) is 0 Å². The van der Waals surface area contributed by atoms with Crippen LogP contribution in [-0.2, 0) is 18.4 Å². The predicted octanol–water partition coefficient (Wildman–Crippen LogP) is 16.6. The number of quaternary nitrogens is 1. The molecule has 0 rings (SSSR count). The summed E-state index contributed by atoms with van der Waals surface area (Å²) in [5.74, 6) is -0.171. The normalized spacial score (nSPS) is 14.6. The van der Waals surface area contributed by atoms with Crippen molar-refractivity contribution >= 4 is 13.7 Å². The van der Waals surface area contributed by atoms with Crippen molar-refractivity contribution in [3.63, 3.8) is 0 Å². The lowest BCUT2D eigenvalue weighted by atomic mass is 10.0. The first-order valence-electron chi connectivity index (χ1n) is 28.4. The second-order valence-corrected chi connectivity index (χ2v) is 21.7. The quantitative estimate of drug-likeness (QED) is 0.0272. The van der Waals surface area contributed by atoms with E-state index in [2.05, 4.69) is 104 Å². The summed E-state index contributed by atoms with van der Waals surface area (Å²) in [6.45, 7) is 4.60.